The summed E-state index contributed by atoms with van der Waals surface area (Å²) in [6, 6.07) is 9.10. The number of alkyl halides is 2. The van der Waals surface area contributed by atoms with Crippen LogP contribution in [-0.2, 0) is 11.2 Å². The lowest BCUT2D eigenvalue weighted by atomic mass is 9.85. The van der Waals surface area contributed by atoms with E-state index in [9.17, 15) is 18.4 Å². The number of primary amides is 1. The number of carbonyl (C=O) groups is 1. The number of amides is 1. The number of benzene rings is 1. The standard InChI is InChI=1S/C21H19ClF2N4O3/c1-21(2,19(25)30)10-11-3-4-14(22)13(7-11)18-27-15(9-16(29)28-18)12-5-6-26-17(8-12)31-20(23)24/h3-9,20H,10H2,1-2H3,(H2,25,30)(H,27,28,29). The van der Waals surface area contributed by atoms with Gasteiger partial charge in [0.15, 0.2) is 0 Å². The largest absolute Gasteiger partial charge is 0.417 e. The molecule has 7 nitrogen and oxygen atoms in total. The van der Waals surface area contributed by atoms with Crippen molar-refractivity contribution in [1.29, 1.82) is 0 Å². The minimum atomic E-state index is -3.03. The molecule has 3 N–H and O–H groups in total. The Balaban J connectivity index is 2.03. The van der Waals surface area contributed by atoms with Gasteiger partial charge >= 0.3 is 6.61 Å². The van der Waals surface area contributed by atoms with Crippen LogP contribution in [0.15, 0.2) is 47.4 Å². The first-order valence-corrected chi connectivity index (χ1v) is 9.54. The average Bonchev–Trinajstić information content (AvgIpc) is 2.68. The lowest BCUT2D eigenvalue weighted by Crippen LogP contribution is -2.33. The summed E-state index contributed by atoms with van der Waals surface area (Å²) in [5, 5.41) is 0.331. The van der Waals surface area contributed by atoms with E-state index in [1.807, 2.05) is 0 Å². The number of nitrogens with zero attached hydrogens (tertiary/aromatic N) is 2. The van der Waals surface area contributed by atoms with Crippen LogP contribution >= 0.6 is 11.6 Å². The lowest BCUT2D eigenvalue weighted by Gasteiger charge is -2.20. The van der Waals surface area contributed by atoms with Crippen LogP contribution in [0.1, 0.15) is 19.4 Å². The topological polar surface area (TPSA) is 111 Å². The monoisotopic (exact) mass is 448 g/mol. The Labute approximate surface area is 181 Å². The zero-order valence-corrected chi connectivity index (χ0v) is 17.4. The normalized spacial score (nSPS) is 11.5. The average molecular weight is 449 g/mol. The number of aromatic amines is 1. The van der Waals surface area contributed by atoms with Crippen molar-refractivity contribution in [2.24, 2.45) is 11.1 Å². The van der Waals surface area contributed by atoms with Gasteiger partial charge in [0.25, 0.3) is 5.56 Å². The summed E-state index contributed by atoms with van der Waals surface area (Å²) in [7, 11) is 0. The zero-order chi connectivity index (χ0) is 22.8. The third-order valence-electron chi connectivity index (χ3n) is 4.58. The Morgan fingerprint density at radius 3 is 2.68 bits per heavy atom. The molecule has 0 aliphatic heterocycles. The fourth-order valence-electron chi connectivity index (χ4n) is 2.92. The highest BCUT2D eigenvalue weighted by Gasteiger charge is 2.25. The Morgan fingerprint density at radius 1 is 1.26 bits per heavy atom. The van der Waals surface area contributed by atoms with Crippen molar-refractivity contribution in [2.45, 2.75) is 26.9 Å². The van der Waals surface area contributed by atoms with Gasteiger partial charge in [0.2, 0.25) is 11.8 Å². The van der Waals surface area contributed by atoms with Crippen molar-refractivity contribution in [3.8, 4) is 28.5 Å². The number of hydrogen-bond donors (Lipinski definition) is 2. The number of aromatic nitrogens is 3. The summed E-state index contributed by atoms with van der Waals surface area (Å²) in [6.45, 7) is 0.427. The van der Waals surface area contributed by atoms with Crippen molar-refractivity contribution in [2.75, 3.05) is 0 Å². The van der Waals surface area contributed by atoms with Gasteiger partial charge in [-0.05, 0) is 30.2 Å². The highest BCUT2D eigenvalue weighted by molar-refractivity contribution is 6.33. The highest BCUT2D eigenvalue weighted by atomic mass is 35.5. The number of H-pyrrole nitrogens is 1. The summed E-state index contributed by atoms with van der Waals surface area (Å²) in [6.07, 6.45) is 1.63. The maximum absolute atomic E-state index is 12.5. The summed E-state index contributed by atoms with van der Waals surface area (Å²) in [5.41, 5.74) is 6.00. The smallest absolute Gasteiger partial charge is 0.388 e. The van der Waals surface area contributed by atoms with Crippen molar-refractivity contribution in [1.82, 2.24) is 15.0 Å². The molecule has 0 unspecified atom stereocenters. The molecule has 0 saturated carbocycles. The molecule has 0 aliphatic rings. The maximum Gasteiger partial charge on any atom is 0.388 e. The molecule has 0 aliphatic carbocycles. The number of carbonyl (C=O) groups excluding carboxylic acids is 1. The van der Waals surface area contributed by atoms with E-state index in [-0.39, 0.29) is 17.4 Å². The fourth-order valence-corrected chi connectivity index (χ4v) is 3.13. The molecule has 0 radical (unpaired) electrons. The first-order chi connectivity index (χ1) is 14.5. The van der Waals surface area contributed by atoms with Crippen LogP contribution in [-0.4, -0.2) is 27.5 Å². The molecule has 31 heavy (non-hydrogen) atoms. The predicted molar refractivity (Wildman–Crippen MR) is 112 cm³/mol. The molecule has 1 aromatic carbocycles. The summed E-state index contributed by atoms with van der Waals surface area (Å²) in [5.74, 6) is -0.568. The van der Waals surface area contributed by atoms with E-state index in [0.717, 1.165) is 5.56 Å². The second-order valence-electron chi connectivity index (χ2n) is 7.48. The molecule has 3 rings (SSSR count). The molecular formula is C21H19ClF2N4O3. The number of nitrogens with two attached hydrogens (primary N) is 1. The fraction of sp³-hybridized carbons (Fsp3) is 0.238. The van der Waals surface area contributed by atoms with Crippen LogP contribution in [0.4, 0.5) is 8.78 Å². The van der Waals surface area contributed by atoms with E-state index in [1.165, 1.54) is 24.4 Å². The number of pyridine rings is 1. The van der Waals surface area contributed by atoms with Crippen LogP contribution in [0.25, 0.3) is 22.6 Å². The third-order valence-corrected chi connectivity index (χ3v) is 4.91. The summed E-state index contributed by atoms with van der Waals surface area (Å²) < 4.78 is 29.3. The molecule has 0 bridgehead atoms. The molecule has 3 aromatic rings. The Morgan fingerprint density at radius 2 is 2.00 bits per heavy atom. The van der Waals surface area contributed by atoms with Crippen LogP contribution < -0.4 is 16.0 Å². The first-order valence-electron chi connectivity index (χ1n) is 9.16. The minimum Gasteiger partial charge on any atom is -0.417 e. The molecule has 1 amide bonds. The predicted octanol–water partition coefficient (Wildman–Crippen LogP) is 3.81. The number of nitrogens with one attached hydrogen (secondary N) is 1. The van der Waals surface area contributed by atoms with E-state index < -0.39 is 23.5 Å². The van der Waals surface area contributed by atoms with Gasteiger partial charge in [-0.15, -0.1) is 0 Å². The molecule has 2 heterocycles. The first kappa shape index (κ1) is 22.4. The molecule has 0 fully saturated rings. The third kappa shape index (κ3) is 5.43. The van der Waals surface area contributed by atoms with Gasteiger partial charge in [0.05, 0.1) is 10.7 Å². The highest BCUT2D eigenvalue weighted by Crippen LogP contribution is 2.30. The van der Waals surface area contributed by atoms with E-state index in [2.05, 4.69) is 19.7 Å². The molecule has 0 atom stereocenters. The van der Waals surface area contributed by atoms with E-state index in [0.29, 0.717) is 22.6 Å². The van der Waals surface area contributed by atoms with Crippen molar-refractivity contribution in [3.05, 3.63) is 63.5 Å². The van der Waals surface area contributed by atoms with Gasteiger partial charge in [0.1, 0.15) is 5.82 Å². The number of hydrogen-bond acceptors (Lipinski definition) is 5. The SMILES string of the molecule is CC(C)(Cc1ccc(Cl)c(-c2nc(-c3ccnc(OC(F)F)c3)cc(=O)[nH]2)c1)C(N)=O. The number of ether oxygens (including phenoxy) is 1. The van der Waals surface area contributed by atoms with Gasteiger partial charge in [-0.3, -0.25) is 9.59 Å². The van der Waals surface area contributed by atoms with Gasteiger partial charge in [-0.2, -0.15) is 8.78 Å². The lowest BCUT2D eigenvalue weighted by molar-refractivity contribution is -0.125. The molecule has 162 valence electrons. The van der Waals surface area contributed by atoms with Crippen LogP contribution in [0.5, 0.6) is 5.88 Å². The Hall–Kier alpha value is -3.33. The summed E-state index contributed by atoms with van der Waals surface area (Å²) >= 11 is 6.33. The number of halogens is 3. The van der Waals surface area contributed by atoms with E-state index in [4.69, 9.17) is 17.3 Å². The van der Waals surface area contributed by atoms with E-state index in [1.54, 1.807) is 32.0 Å². The van der Waals surface area contributed by atoms with Gasteiger partial charge in [-0.1, -0.05) is 31.5 Å². The second-order valence-corrected chi connectivity index (χ2v) is 7.89. The van der Waals surface area contributed by atoms with Gasteiger partial charge in [-0.25, -0.2) is 9.97 Å². The molecule has 0 saturated heterocycles. The van der Waals surface area contributed by atoms with E-state index >= 15 is 0 Å². The minimum absolute atomic E-state index is 0.180. The molecule has 2 aromatic heterocycles. The van der Waals surface area contributed by atoms with Gasteiger partial charge < -0.3 is 15.5 Å². The Bertz CT molecular complexity index is 1180. The molecular weight excluding hydrogens is 430 g/mol. The van der Waals surface area contributed by atoms with Gasteiger partial charge in [0, 0.05) is 34.9 Å². The van der Waals surface area contributed by atoms with Crippen LogP contribution in [0, 0.1) is 5.41 Å². The second kappa shape index (κ2) is 8.81. The number of rotatable bonds is 7. The Kier molecular flexibility index (Phi) is 6.35. The quantitative estimate of drug-likeness (QED) is 0.571. The van der Waals surface area contributed by atoms with Crippen molar-refractivity contribution >= 4 is 17.5 Å². The maximum atomic E-state index is 12.5. The van der Waals surface area contributed by atoms with Crippen molar-refractivity contribution in [3.63, 3.8) is 0 Å². The molecule has 10 heteroatoms. The van der Waals surface area contributed by atoms with Crippen molar-refractivity contribution < 1.29 is 18.3 Å². The summed E-state index contributed by atoms with van der Waals surface area (Å²) in [4.78, 5) is 34.7. The molecule has 0 spiro atoms. The zero-order valence-electron chi connectivity index (χ0n) is 16.7. The van der Waals surface area contributed by atoms with Crippen LogP contribution in [0.2, 0.25) is 5.02 Å². The van der Waals surface area contributed by atoms with Crippen LogP contribution in [0.3, 0.4) is 0 Å².